The summed E-state index contributed by atoms with van der Waals surface area (Å²) in [5, 5.41) is 9.45. The van der Waals surface area contributed by atoms with Crippen molar-refractivity contribution >= 4 is 0 Å². The molecule has 0 spiro atoms. The normalized spacial score (nSPS) is 16.9. The molecule has 3 aromatic carbocycles. The molecule has 0 unspecified atom stereocenters. The molecular formula is C27H31NO3. The monoisotopic (exact) mass is 417 g/mol. The maximum atomic E-state index is 9.45. The molecule has 0 radical (unpaired) electrons. The molecular weight excluding hydrogens is 386 g/mol. The maximum Gasteiger partial charge on any atom is 0.120 e. The van der Waals surface area contributed by atoms with E-state index in [0.717, 1.165) is 43.1 Å². The predicted octanol–water partition coefficient (Wildman–Crippen LogP) is 4.74. The summed E-state index contributed by atoms with van der Waals surface area (Å²) >= 11 is 0. The van der Waals surface area contributed by atoms with Gasteiger partial charge in [0, 0.05) is 19.6 Å². The zero-order valence-corrected chi connectivity index (χ0v) is 18.4. The van der Waals surface area contributed by atoms with Crippen LogP contribution in [0.4, 0.5) is 0 Å². The highest BCUT2D eigenvalue weighted by Crippen LogP contribution is 2.31. The van der Waals surface area contributed by atoms with Gasteiger partial charge in [-0.3, -0.25) is 4.90 Å². The Balaban J connectivity index is 1.39. The van der Waals surface area contributed by atoms with E-state index in [9.17, 15) is 5.11 Å². The quantitative estimate of drug-likeness (QED) is 0.603. The molecule has 162 valence electrons. The second-order valence-electron chi connectivity index (χ2n) is 8.32. The van der Waals surface area contributed by atoms with Crippen LogP contribution in [0.15, 0.2) is 66.7 Å². The molecule has 1 heterocycles. The van der Waals surface area contributed by atoms with Crippen LogP contribution >= 0.6 is 0 Å². The summed E-state index contributed by atoms with van der Waals surface area (Å²) in [4.78, 5) is 2.43. The molecule has 0 bridgehead atoms. The van der Waals surface area contributed by atoms with E-state index in [4.69, 9.17) is 9.47 Å². The van der Waals surface area contributed by atoms with E-state index in [1.807, 2.05) is 18.2 Å². The molecule has 1 saturated heterocycles. The largest absolute Gasteiger partial charge is 0.491 e. The van der Waals surface area contributed by atoms with Crippen molar-refractivity contribution < 1.29 is 14.6 Å². The van der Waals surface area contributed by atoms with Crippen LogP contribution in [0, 0.1) is 13.8 Å². The van der Waals surface area contributed by atoms with E-state index in [1.165, 1.54) is 22.3 Å². The van der Waals surface area contributed by atoms with Crippen molar-refractivity contribution in [3.8, 4) is 16.9 Å². The minimum Gasteiger partial charge on any atom is -0.491 e. The summed E-state index contributed by atoms with van der Waals surface area (Å²) in [6, 6.07) is 22.8. The van der Waals surface area contributed by atoms with Gasteiger partial charge in [0.05, 0.1) is 13.2 Å². The van der Waals surface area contributed by atoms with Gasteiger partial charge in [-0.25, -0.2) is 0 Å². The summed E-state index contributed by atoms with van der Waals surface area (Å²) in [6.45, 7) is 8.32. The molecule has 1 fully saturated rings. The molecule has 1 aliphatic rings. The van der Waals surface area contributed by atoms with E-state index in [2.05, 4.69) is 67.3 Å². The first kappa shape index (κ1) is 21.6. The second-order valence-corrected chi connectivity index (χ2v) is 8.32. The molecule has 0 amide bonds. The third kappa shape index (κ3) is 5.53. The van der Waals surface area contributed by atoms with Crippen molar-refractivity contribution in [3.05, 3.63) is 89.0 Å². The van der Waals surface area contributed by atoms with Gasteiger partial charge in [0.2, 0.25) is 0 Å². The molecule has 1 atom stereocenters. The van der Waals surface area contributed by atoms with Gasteiger partial charge in [0.25, 0.3) is 0 Å². The summed E-state index contributed by atoms with van der Waals surface area (Å²) in [5.41, 5.74) is 6.91. The van der Waals surface area contributed by atoms with Gasteiger partial charge < -0.3 is 14.6 Å². The minimum atomic E-state index is 0.0514. The predicted molar refractivity (Wildman–Crippen MR) is 124 cm³/mol. The molecule has 31 heavy (non-hydrogen) atoms. The standard InChI is InChI=1S/C27H31NO3/c1-20-13-25(14-21(2)27(20)24-10-6-9-23(15-24)18-29)31-19-26-17-28(11-12-30-26)16-22-7-4-3-5-8-22/h3-10,13-15,26,29H,11-12,16-19H2,1-2H3/t26-/m1/s1. The number of aliphatic hydroxyl groups is 1. The lowest BCUT2D eigenvalue weighted by Gasteiger charge is -2.32. The Kier molecular flexibility index (Phi) is 7.03. The SMILES string of the molecule is Cc1cc(OC[C@H]2CN(Cc3ccccc3)CCO2)cc(C)c1-c1cccc(CO)c1. The van der Waals surface area contributed by atoms with Crippen molar-refractivity contribution in [2.75, 3.05) is 26.3 Å². The first-order chi connectivity index (χ1) is 15.1. The summed E-state index contributed by atoms with van der Waals surface area (Å²) in [5.74, 6) is 0.876. The van der Waals surface area contributed by atoms with E-state index in [1.54, 1.807) is 0 Å². The Bertz CT molecular complexity index is 979. The van der Waals surface area contributed by atoms with Crippen LogP contribution in [0.5, 0.6) is 5.75 Å². The van der Waals surface area contributed by atoms with Gasteiger partial charge in [-0.1, -0.05) is 48.5 Å². The Morgan fingerprint density at radius 2 is 1.71 bits per heavy atom. The van der Waals surface area contributed by atoms with Crippen molar-refractivity contribution in [2.45, 2.75) is 33.1 Å². The zero-order chi connectivity index (χ0) is 21.6. The van der Waals surface area contributed by atoms with Gasteiger partial charge in [-0.2, -0.15) is 0 Å². The van der Waals surface area contributed by atoms with E-state index >= 15 is 0 Å². The maximum absolute atomic E-state index is 9.45. The number of hydrogen-bond acceptors (Lipinski definition) is 4. The van der Waals surface area contributed by atoms with Gasteiger partial charge in [0.1, 0.15) is 18.5 Å². The highest BCUT2D eigenvalue weighted by molar-refractivity contribution is 5.72. The lowest BCUT2D eigenvalue weighted by molar-refractivity contribution is -0.0504. The number of hydrogen-bond donors (Lipinski definition) is 1. The number of aliphatic hydroxyl groups excluding tert-OH is 1. The molecule has 4 heteroatoms. The van der Waals surface area contributed by atoms with E-state index in [0.29, 0.717) is 6.61 Å². The van der Waals surface area contributed by atoms with Crippen LogP contribution in [0.1, 0.15) is 22.3 Å². The second kappa shape index (κ2) is 10.1. The Hall–Kier alpha value is -2.66. The fourth-order valence-corrected chi connectivity index (χ4v) is 4.34. The van der Waals surface area contributed by atoms with Crippen molar-refractivity contribution in [1.82, 2.24) is 4.90 Å². The molecule has 1 aliphatic heterocycles. The Morgan fingerprint density at radius 3 is 2.45 bits per heavy atom. The summed E-state index contributed by atoms with van der Waals surface area (Å²) < 4.78 is 12.1. The van der Waals surface area contributed by atoms with Gasteiger partial charge in [-0.05, 0) is 65.4 Å². The van der Waals surface area contributed by atoms with Crippen LogP contribution in [0.3, 0.4) is 0 Å². The summed E-state index contributed by atoms with van der Waals surface area (Å²) in [7, 11) is 0. The number of morpholine rings is 1. The number of benzene rings is 3. The molecule has 0 aromatic heterocycles. The molecule has 1 N–H and O–H groups in total. The topological polar surface area (TPSA) is 41.9 Å². The third-order valence-corrected chi connectivity index (χ3v) is 5.81. The van der Waals surface area contributed by atoms with E-state index < -0.39 is 0 Å². The number of nitrogens with zero attached hydrogens (tertiary/aromatic N) is 1. The molecule has 0 saturated carbocycles. The van der Waals surface area contributed by atoms with Crippen LogP contribution in [-0.2, 0) is 17.9 Å². The van der Waals surface area contributed by atoms with Gasteiger partial charge in [-0.15, -0.1) is 0 Å². The lowest BCUT2D eigenvalue weighted by atomic mass is 9.94. The first-order valence-corrected chi connectivity index (χ1v) is 10.9. The number of ether oxygens (including phenoxy) is 2. The molecule has 3 aromatic rings. The van der Waals surface area contributed by atoms with Gasteiger partial charge in [0.15, 0.2) is 0 Å². The lowest BCUT2D eigenvalue weighted by Crippen LogP contribution is -2.44. The zero-order valence-electron chi connectivity index (χ0n) is 18.4. The third-order valence-electron chi connectivity index (χ3n) is 5.81. The smallest absolute Gasteiger partial charge is 0.120 e. The van der Waals surface area contributed by atoms with Gasteiger partial charge >= 0.3 is 0 Å². The molecule has 4 rings (SSSR count). The summed E-state index contributed by atoms with van der Waals surface area (Å²) in [6.07, 6.45) is 0.0685. The average Bonchev–Trinajstić information content (AvgIpc) is 2.78. The number of aryl methyl sites for hydroxylation is 2. The Morgan fingerprint density at radius 1 is 0.968 bits per heavy atom. The Labute approximate surface area is 185 Å². The van der Waals surface area contributed by atoms with Crippen LogP contribution in [0.2, 0.25) is 0 Å². The average molecular weight is 418 g/mol. The first-order valence-electron chi connectivity index (χ1n) is 10.9. The van der Waals surface area contributed by atoms with Crippen molar-refractivity contribution in [3.63, 3.8) is 0 Å². The fraction of sp³-hybridized carbons (Fsp3) is 0.333. The minimum absolute atomic E-state index is 0.0514. The molecule has 0 aliphatic carbocycles. The fourth-order valence-electron chi connectivity index (χ4n) is 4.34. The highest BCUT2D eigenvalue weighted by atomic mass is 16.5. The van der Waals surface area contributed by atoms with Crippen LogP contribution in [0.25, 0.3) is 11.1 Å². The van der Waals surface area contributed by atoms with Crippen LogP contribution < -0.4 is 4.74 Å². The molecule has 4 nitrogen and oxygen atoms in total. The number of rotatable bonds is 7. The highest BCUT2D eigenvalue weighted by Gasteiger charge is 2.21. The van der Waals surface area contributed by atoms with Crippen LogP contribution in [-0.4, -0.2) is 42.4 Å². The van der Waals surface area contributed by atoms with E-state index in [-0.39, 0.29) is 12.7 Å². The van der Waals surface area contributed by atoms with Crippen molar-refractivity contribution in [1.29, 1.82) is 0 Å². The van der Waals surface area contributed by atoms with Crippen molar-refractivity contribution in [2.24, 2.45) is 0 Å².